The first-order chi connectivity index (χ1) is 15.4. The number of nitrogens with zero attached hydrogens (tertiary/aromatic N) is 1. The van der Waals surface area contributed by atoms with Crippen molar-refractivity contribution in [2.45, 2.75) is 36.8 Å². The molecular weight excluding hydrogens is 420 g/mol. The van der Waals surface area contributed by atoms with Crippen LogP contribution in [-0.2, 0) is 20.8 Å². The predicted molar refractivity (Wildman–Crippen MR) is 128 cm³/mol. The summed E-state index contributed by atoms with van der Waals surface area (Å²) in [5.41, 5.74) is 4.44. The monoisotopic (exact) mass is 444 g/mol. The highest BCUT2D eigenvalue weighted by Gasteiger charge is 2.40. The molecule has 0 spiro atoms. The fourth-order valence-electron chi connectivity index (χ4n) is 3.60. The molecule has 1 aliphatic rings. The van der Waals surface area contributed by atoms with Crippen molar-refractivity contribution in [3.8, 4) is 0 Å². The van der Waals surface area contributed by atoms with E-state index < -0.39 is 5.25 Å². The minimum atomic E-state index is -0.456. The third-order valence-electron chi connectivity index (χ3n) is 5.48. The number of hydrogen-bond donors (Lipinski definition) is 1. The number of aryl methyl sites for hydroxylation is 2. The maximum atomic E-state index is 12.9. The van der Waals surface area contributed by atoms with Crippen LogP contribution in [0.2, 0.25) is 0 Å². The molecule has 3 aromatic rings. The number of nitrogens with one attached hydrogen (secondary N) is 1. The van der Waals surface area contributed by atoms with E-state index in [0.29, 0.717) is 17.8 Å². The van der Waals surface area contributed by atoms with E-state index in [-0.39, 0.29) is 24.1 Å². The fourth-order valence-corrected chi connectivity index (χ4v) is 4.65. The Morgan fingerprint density at radius 3 is 2.38 bits per heavy atom. The Bertz CT molecular complexity index is 1160. The lowest BCUT2D eigenvalue weighted by molar-refractivity contribution is -0.121. The molecule has 4 rings (SSSR count). The van der Waals surface area contributed by atoms with E-state index in [1.54, 1.807) is 0 Å². The maximum Gasteiger partial charge on any atom is 0.247 e. The topological polar surface area (TPSA) is 66.5 Å². The molecule has 0 saturated carbocycles. The van der Waals surface area contributed by atoms with E-state index in [4.69, 9.17) is 0 Å². The minimum Gasteiger partial charge on any atom is -0.326 e. The first-order valence-corrected chi connectivity index (χ1v) is 11.3. The van der Waals surface area contributed by atoms with Gasteiger partial charge in [0, 0.05) is 17.0 Å². The summed E-state index contributed by atoms with van der Waals surface area (Å²) in [7, 11) is 0. The predicted octanol–water partition coefficient (Wildman–Crippen LogP) is 4.91. The van der Waals surface area contributed by atoms with E-state index in [1.165, 1.54) is 16.7 Å². The van der Waals surface area contributed by atoms with Gasteiger partial charge >= 0.3 is 0 Å². The molecule has 3 aromatic carbocycles. The highest BCUT2D eigenvalue weighted by Crippen LogP contribution is 2.34. The number of amides is 3. The highest BCUT2D eigenvalue weighted by molar-refractivity contribution is 8.00. The summed E-state index contributed by atoms with van der Waals surface area (Å²) in [5, 5.41) is 2.43. The zero-order valence-corrected chi connectivity index (χ0v) is 18.8. The van der Waals surface area contributed by atoms with Crippen molar-refractivity contribution in [3.05, 3.63) is 89.5 Å². The molecule has 1 atom stereocenters. The van der Waals surface area contributed by atoms with E-state index in [1.807, 2.05) is 86.6 Å². The molecule has 5 nitrogen and oxygen atoms in total. The van der Waals surface area contributed by atoms with Gasteiger partial charge in [-0.3, -0.25) is 14.4 Å². The Balaban J connectivity index is 1.38. The van der Waals surface area contributed by atoms with Gasteiger partial charge in [-0.25, -0.2) is 4.90 Å². The van der Waals surface area contributed by atoms with Crippen LogP contribution < -0.4 is 10.2 Å². The van der Waals surface area contributed by atoms with Gasteiger partial charge < -0.3 is 5.32 Å². The van der Waals surface area contributed by atoms with Crippen LogP contribution in [0, 0.1) is 13.8 Å². The first-order valence-electron chi connectivity index (χ1n) is 10.5. The molecule has 1 N–H and O–H groups in total. The number of carbonyl (C=O) groups excluding carboxylic acids is 3. The summed E-state index contributed by atoms with van der Waals surface area (Å²) in [6.45, 7) is 3.97. The average Bonchev–Trinajstić information content (AvgIpc) is 3.05. The second kappa shape index (κ2) is 9.40. The van der Waals surface area contributed by atoms with Crippen molar-refractivity contribution in [2.75, 3.05) is 10.2 Å². The van der Waals surface area contributed by atoms with Gasteiger partial charge in [0.15, 0.2) is 0 Å². The summed E-state index contributed by atoms with van der Waals surface area (Å²) < 4.78 is 0. The Kier molecular flexibility index (Phi) is 6.42. The largest absolute Gasteiger partial charge is 0.326 e. The summed E-state index contributed by atoms with van der Waals surface area (Å²) >= 11 is 1.37. The highest BCUT2D eigenvalue weighted by atomic mass is 32.2. The Hall–Kier alpha value is -3.38. The van der Waals surface area contributed by atoms with Crippen molar-refractivity contribution in [1.29, 1.82) is 0 Å². The van der Waals surface area contributed by atoms with Gasteiger partial charge in [0.05, 0.1) is 17.4 Å². The van der Waals surface area contributed by atoms with Crippen LogP contribution in [0.1, 0.15) is 23.1 Å². The van der Waals surface area contributed by atoms with E-state index in [9.17, 15) is 14.4 Å². The molecule has 0 aliphatic carbocycles. The third kappa shape index (κ3) is 4.92. The molecule has 0 radical (unpaired) electrons. The van der Waals surface area contributed by atoms with E-state index in [0.717, 1.165) is 21.6 Å². The van der Waals surface area contributed by atoms with Crippen LogP contribution in [0.5, 0.6) is 0 Å². The average molecular weight is 445 g/mol. The number of imide groups is 1. The third-order valence-corrected chi connectivity index (χ3v) is 6.68. The van der Waals surface area contributed by atoms with Gasteiger partial charge in [-0.15, -0.1) is 11.8 Å². The standard InChI is InChI=1S/C26H24N2O3S/c1-17-8-11-21(14-18(17)2)28-25(30)16-23(26(28)31)32-22-12-9-20(10-13-22)27-24(29)15-19-6-4-3-5-7-19/h3-14,23H,15-16H2,1-2H3,(H,27,29). The van der Waals surface area contributed by atoms with Gasteiger partial charge in [0.25, 0.3) is 0 Å². The van der Waals surface area contributed by atoms with Gasteiger partial charge in [-0.05, 0) is 66.9 Å². The van der Waals surface area contributed by atoms with Crippen molar-refractivity contribution in [3.63, 3.8) is 0 Å². The van der Waals surface area contributed by atoms with Gasteiger partial charge in [0.2, 0.25) is 17.7 Å². The van der Waals surface area contributed by atoms with Crippen LogP contribution in [0.4, 0.5) is 11.4 Å². The molecule has 0 bridgehead atoms. The van der Waals surface area contributed by atoms with Crippen molar-refractivity contribution < 1.29 is 14.4 Å². The molecule has 1 fully saturated rings. The normalized spacial score (nSPS) is 15.8. The van der Waals surface area contributed by atoms with Crippen LogP contribution >= 0.6 is 11.8 Å². The Morgan fingerprint density at radius 1 is 0.969 bits per heavy atom. The Morgan fingerprint density at radius 2 is 1.69 bits per heavy atom. The lowest BCUT2D eigenvalue weighted by atomic mass is 10.1. The van der Waals surface area contributed by atoms with Crippen LogP contribution in [0.15, 0.2) is 77.7 Å². The molecule has 3 amide bonds. The van der Waals surface area contributed by atoms with Crippen LogP contribution in [0.3, 0.4) is 0 Å². The minimum absolute atomic E-state index is 0.0859. The number of hydrogen-bond acceptors (Lipinski definition) is 4. The molecule has 1 aliphatic heterocycles. The number of rotatable bonds is 6. The Labute approximate surface area is 191 Å². The van der Waals surface area contributed by atoms with Gasteiger partial charge in [0.1, 0.15) is 0 Å². The molecule has 6 heteroatoms. The summed E-state index contributed by atoms with van der Waals surface area (Å²) in [5.74, 6) is -0.457. The smallest absolute Gasteiger partial charge is 0.247 e. The SMILES string of the molecule is Cc1ccc(N2C(=O)CC(Sc3ccc(NC(=O)Cc4ccccc4)cc3)C2=O)cc1C. The quantitative estimate of drug-likeness (QED) is 0.549. The molecule has 1 saturated heterocycles. The first kappa shape index (κ1) is 21.8. The molecular formula is C26H24N2O3S. The molecule has 0 aromatic heterocycles. The number of thioether (sulfide) groups is 1. The zero-order chi connectivity index (χ0) is 22.7. The zero-order valence-electron chi connectivity index (χ0n) is 18.0. The molecule has 1 unspecified atom stereocenters. The van der Waals surface area contributed by atoms with Crippen LogP contribution in [0.25, 0.3) is 0 Å². The van der Waals surface area contributed by atoms with Crippen molar-refractivity contribution in [2.24, 2.45) is 0 Å². The lowest BCUT2D eigenvalue weighted by Crippen LogP contribution is -2.31. The van der Waals surface area contributed by atoms with E-state index >= 15 is 0 Å². The number of anilines is 2. The second-order valence-electron chi connectivity index (χ2n) is 7.88. The van der Waals surface area contributed by atoms with Crippen molar-refractivity contribution >= 4 is 40.9 Å². The maximum absolute atomic E-state index is 12.9. The van der Waals surface area contributed by atoms with E-state index in [2.05, 4.69) is 5.32 Å². The fraction of sp³-hybridized carbons (Fsp3) is 0.192. The van der Waals surface area contributed by atoms with Crippen LogP contribution in [-0.4, -0.2) is 23.0 Å². The molecule has 32 heavy (non-hydrogen) atoms. The number of carbonyl (C=O) groups is 3. The van der Waals surface area contributed by atoms with Gasteiger partial charge in [-0.1, -0.05) is 36.4 Å². The number of benzene rings is 3. The lowest BCUT2D eigenvalue weighted by Gasteiger charge is -2.16. The van der Waals surface area contributed by atoms with Gasteiger partial charge in [-0.2, -0.15) is 0 Å². The molecule has 162 valence electrons. The van der Waals surface area contributed by atoms with Crippen molar-refractivity contribution in [1.82, 2.24) is 0 Å². The summed E-state index contributed by atoms with van der Waals surface area (Å²) in [6, 6.07) is 22.5. The summed E-state index contributed by atoms with van der Waals surface area (Å²) in [6.07, 6.45) is 0.482. The summed E-state index contributed by atoms with van der Waals surface area (Å²) in [4.78, 5) is 39.9. The molecule has 1 heterocycles. The second-order valence-corrected chi connectivity index (χ2v) is 9.16.